The molecule has 0 aliphatic heterocycles. The van der Waals surface area contributed by atoms with Crippen molar-refractivity contribution in [3.05, 3.63) is 119 Å². The molecule has 16 heteroatoms. The summed E-state index contributed by atoms with van der Waals surface area (Å²) in [5.74, 6) is 0. The van der Waals surface area contributed by atoms with Crippen molar-refractivity contribution in [3.63, 3.8) is 0 Å². The van der Waals surface area contributed by atoms with Crippen LogP contribution in [0.4, 0.5) is 52.7 Å². The molecular formula is C30H20F12O2P2. The van der Waals surface area contributed by atoms with Crippen molar-refractivity contribution in [2.75, 3.05) is 12.3 Å². The van der Waals surface area contributed by atoms with Crippen molar-refractivity contribution in [2.24, 2.45) is 0 Å². The Balaban J connectivity index is 1.85. The smallest absolute Gasteiger partial charge is 0.314 e. The van der Waals surface area contributed by atoms with E-state index in [1.807, 2.05) is 0 Å². The molecule has 0 aliphatic carbocycles. The Labute approximate surface area is 253 Å². The van der Waals surface area contributed by atoms with E-state index < -0.39 is 73.6 Å². The van der Waals surface area contributed by atoms with Crippen LogP contribution in [-0.4, -0.2) is 12.3 Å². The molecule has 0 N–H and O–H groups in total. The number of hydrogen-bond donors (Lipinski definition) is 0. The second-order valence-electron chi connectivity index (χ2n) is 10.1. The van der Waals surface area contributed by atoms with Crippen LogP contribution >= 0.6 is 14.3 Å². The van der Waals surface area contributed by atoms with E-state index in [2.05, 4.69) is 0 Å². The van der Waals surface area contributed by atoms with Crippen LogP contribution < -0.4 is 21.2 Å². The summed E-state index contributed by atoms with van der Waals surface area (Å²) in [6.45, 7) is 0. The molecule has 46 heavy (non-hydrogen) atoms. The van der Waals surface area contributed by atoms with Crippen molar-refractivity contribution in [3.8, 4) is 0 Å². The van der Waals surface area contributed by atoms with Gasteiger partial charge in [-0.2, -0.15) is 52.7 Å². The summed E-state index contributed by atoms with van der Waals surface area (Å²) >= 11 is 0. The number of rotatable bonds is 7. The van der Waals surface area contributed by atoms with E-state index in [9.17, 15) is 61.8 Å². The van der Waals surface area contributed by atoms with Crippen LogP contribution in [0.5, 0.6) is 0 Å². The van der Waals surface area contributed by atoms with Crippen LogP contribution in [0.15, 0.2) is 97.1 Å². The SMILES string of the molecule is O=P(CCP(=O)(c1ccc(C(F)(F)F)cc1)c1ccc(C(F)(F)F)cc1)(c1ccc(C(F)(F)F)cc1)c1ccc(C(F)(F)F)cc1. The second-order valence-corrected chi connectivity index (χ2v) is 16.0. The average Bonchev–Trinajstić information content (AvgIpc) is 2.98. The lowest BCUT2D eigenvalue weighted by atomic mass is 10.2. The zero-order valence-electron chi connectivity index (χ0n) is 22.9. The van der Waals surface area contributed by atoms with Crippen molar-refractivity contribution in [1.29, 1.82) is 0 Å². The topological polar surface area (TPSA) is 34.1 Å². The van der Waals surface area contributed by atoms with Gasteiger partial charge in [0, 0.05) is 33.5 Å². The number of halogens is 12. The molecule has 0 bridgehead atoms. The fraction of sp³-hybridized carbons (Fsp3) is 0.200. The minimum absolute atomic E-state index is 0.258. The van der Waals surface area contributed by atoms with Crippen molar-refractivity contribution in [2.45, 2.75) is 24.7 Å². The molecule has 0 radical (unpaired) electrons. The molecule has 0 fully saturated rings. The normalized spacial score (nSPS) is 13.6. The minimum atomic E-state index is -4.79. The lowest BCUT2D eigenvalue weighted by Gasteiger charge is -2.25. The van der Waals surface area contributed by atoms with E-state index in [1.165, 1.54) is 0 Å². The highest BCUT2D eigenvalue weighted by Crippen LogP contribution is 2.52. The predicted molar refractivity (Wildman–Crippen MR) is 149 cm³/mol. The molecule has 0 aliphatic rings. The molecule has 0 amide bonds. The van der Waals surface area contributed by atoms with E-state index in [0.717, 1.165) is 48.5 Å². The molecule has 246 valence electrons. The summed E-state index contributed by atoms with van der Waals surface area (Å²) in [5.41, 5.74) is -4.52. The summed E-state index contributed by atoms with van der Waals surface area (Å²) in [5, 5.41) is -1.03. The molecule has 0 saturated carbocycles. The molecule has 4 rings (SSSR count). The van der Waals surface area contributed by atoms with Crippen LogP contribution in [-0.2, 0) is 33.8 Å². The van der Waals surface area contributed by atoms with Crippen LogP contribution in [0, 0.1) is 0 Å². The monoisotopic (exact) mass is 702 g/mol. The highest BCUT2D eigenvalue weighted by molar-refractivity contribution is 7.82. The fourth-order valence-electron chi connectivity index (χ4n) is 4.66. The van der Waals surface area contributed by atoms with Crippen LogP contribution in [0.1, 0.15) is 22.3 Å². The number of benzene rings is 4. The maximum atomic E-state index is 14.6. The Kier molecular flexibility index (Phi) is 9.43. The largest absolute Gasteiger partial charge is 0.416 e. The third kappa shape index (κ3) is 7.55. The highest BCUT2D eigenvalue weighted by Gasteiger charge is 2.39. The lowest BCUT2D eigenvalue weighted by Crippen LogP contribution is -2.26. The first-order valence-corrected chi connectivity index (χ1v) is 16.7. The van der Waals surface area contributed by atoms with Crippen LogP contribution in [0.3, 0.4) is 0 Å². The lowest BCUT2D eigenvalue weighted by molar-refractivity contribution is -0.138. The standard InChI is InChI=1S/C30H20F12O2P2/c31-27(32,33)19-1-9-23(10-2-19)45(43,24-11-3-20(4-12-24)28(34,35)36)17-18-46(44,25-13-5-21(6-14-25)29(37,38)39)26-15-7-22(8-16-26)30(40,41)42/h1-16H,17-18H2. The van der Waals surface area contributed by atoms with Crippen LogP contribution in [0.25, 0.3) is 0 Å². The van der Waals surface area contributed by atoms with Gasteiger partial charge in [-0.05, 0) is 48.5 Å². The van der Waals surface area contributed by atoms with E-state index in [1.54, 1.807) is 0 Å². The summed E-state index contributed by atoms with van der Waals surface area (Å²) < 4.78 is 188. The molecule has 2 nitrogen and oxygen atoms in total. The summed E-state index contributed by atoms with van der Waals surface area (Å²) in [7, 11) is -8.49. The molecule has 4 aromatic carbocycles. The van der Waals surface area contributed by atoms with Gasteiger partial charge in [-0.15, -0.1) is 0 Å². The zero-order valence-corrected chi connectivity index (χ0v) is 24.7. The summed E-state index contributed by atoms with van der Waals surface area (Å²) in [6, 6.07) is 11.6. The molecule has 4 aromatic rings. The molecular weight excluding hydrogens is 682 g/mol. The zero-order chi connectivity index (χ0) is 34.3. The first-order valence-electron chi connectivity index (χ1n) is 12.9. The Hall–Kier alpha value is -3.50. The summed E-state index contributed by atoms with van der Waals surface area (Å²) in [6.07, 6.45) is -20.6. The maximum Gasteiger partial charge on any atom is 0.416 e. The van der Waals surface area contributed by atoms with Gasteiger partial charge >= 0.3 is 24.7 Å². The molecule has 0 unspecified atom stereocenters. The Morgan fingerprint density at radius 1 is 0.326 bits per heavy atom. The van der Waals surface area contributed by atoms with Crippen molar-refractivity contribution < 1.29 is 61.8 Å². The quantitative estimate of drug-likeness (QED) is 0.142. The Bertz CT molecular complexity index is 1500. The first kappa shape index (κ1) is 35.4. The molecule has 0 aromatic heterocycles. The van der Waals surface area contributed by atoms with Gasteiger partial charge in [0.1, 0.15) is 14.3 Å². The average molecular weight is 702 g/mol. The van der Waals surface area contributed by atoms with E-state index in [0.29, 0.717) is 48.5 Å². The van der Waals surface area contributed by atoms with Gasteiger partial charge in [0.15, 0.2) is 0 Å². The molecule has 0 saturated heterocycles. The van der Waals surface area contributed by atoms with E-state index in [4.69, 9.17) is 0 Å². The molecule has 0 spiro atoms. The third-order valence-corrected chi connectivity index (χ3v) is 13.8. The van der Waals surface area contributed by atoms with Gasteiger partial charge in [0.25, 0.3) is 0 Å². The van der Waals surface area contributed by atoms with Gasteiger partial charge in [-0.3, -0.25) is 0 Å². The molecule has 0 heterocycles. The fourth-order valence-corrected chi connectivity index (χ4v) is 11.1. The van der Waals surface area contributed by atoms with Gasteiger partial charge in [-0.25, -0.2) is 0 Å². The van der Waals surface area contributed by atoms with E-state index >= 15 is 0 Å². The van der Waals surface area contributed by atoms with E-state index in [-0.39, 0.29) is 21.2 Å². The van der Waals surface area contributed by atoms with Gasteiger partial charge < -0.3 is 9.13 Å². The Morgan fingerprint density at radius 2 is 0.478 bits per heavy atom. The first-order chi connectivity index (χ1) is 21.0. The molecule has 0 atom stereocenters. The van der Waals surface area contributed by atoms with Crippen LogP contribution in [0.2, 0.25) is 0 Å². The predicted octanol–water partition coefficient (Wildman–Crippen LogP) is 9.09. The minimum Gasteiger partial charge on any atom is -0.314 e. The number of hydrogen-bond acceptors (Lipinski definition) is 2. The van der Waals surface area contributed by atoms with Gasteiger partial charge in [-0.1, -0.05) is 48.5 Å². The summed E-state index contributed by atoms with van der Waals surface area (Å²) in [4.78, 5) is 0. The second kappa shape index (κ2) is 12.3. The van der Waals surface area contributed by atoms with Crippen molar-refractivity contribution in [1.82, 2.24) is 0 Å². The van der Waals surface area contributed by atoms with Crippen molar-refractivity contribution >= 4 is 35.5 Å². The third-order valence-electron chi connectivity index (χ3n) is 7.18. The van der Waals surface area contributed by atoms with Gasteiger partial charge in [0.05, 0.1) is 22.3 Å². The highest BCUT2D eigenvalue weighted by atomic mass is 31.2. The Morgan fingerprint density at radius 3 is 0.609 bits per heavy atom. The van der Waals surface area contributed by atoms with Gasteiger partial charge in [0.2, 0.25) is 0 Å². The maximum absolute atomic E-state index is 14.6. The number of alkyl halides is 12.